The molecule has 0 saturated carbocycles. The summed E-state index contributed by atoms with van der Waals surface area (Å²) < 4.78 is 18.6. The average molecular weight is 273 g/mol. The van der Waals surface area contributed by atoms with Gasteiger partial charge in [-0.1, -0.05) is 32.0 Å². The highest BCUT2D eigenvalue weighted by molar-refractivity contribution is 5.68. The third-order valence-electron chi connectivity index (χ3n) is 3.17. The summed E-state index contributed by atoms with van der Waals surface area (Å²) in [6.45, 7) is 4.80. The molecule has 2 aromatic rings. The smallest absolute Gasteiger partial charge is 0.123 e. The summed E-state index contributed by atoms with van der Waals surface area (Å²) in [5.74, 6) is 0.612. The van der Waals surface area contributed by atoms with E-state index in [2.05, 4.69) is 19.2 Å². The first kappa shape index (κ1) is 14.5. The van der Waals surface area contributed by atoms with E-state index in [9.17, 15) is 4.39 Å². The molecule has 0 unspecified atom stereocenters. The van der Waals surface area contributed by atoms with Crippen LogP contribution in [0.25, 0.3) is 11.1 Å². The maximum absolute atomic E-state index is 13.5. The van der Waals surface area contributed by atoms with Crippen molar-refractivity contribution in [3.05, 3.63) is 53.8 Å². The van der Waals surface area contributed by atoms with E-state index >= 15 is 0 Å². The fourth-order valence-corrected chi connectivity index (χ4v) is 2.07. The molecule has 0 fully saturated rings. The van der Waals surface area contributed by atoms with E-state index in [0.717, 1.165) is 22.4 Å². The van der Waals surface area contributed by atoms with Crippen LogP contribution in [0, 0.1) is 5.82 Å². The third-order valence-corrected chi connectivity index (χ3v) is 3.17. The van der Waals surface area contributed by atoms with Crippen molar-refractivity contribution in [1.82, 2.24) is 5.32 Å². The lowest BCUT2D eigenvalue weighted by atomic mass is 9.99. The Balaban J connectivity index is 2.33. The molecule has 0 aromatic heterocycles. The molecule has 106 valence electrons. The number of halogens is 1. The van der Waals surface area contributed by atoms with Gasteiger partial charge in [0.05, 0.1) is 7.11 Å². The van der Waals surface area contributed by atoms with Gasteiger partial charge >= 0.3 is 0 Å². The molecule has 0 heterocycles. The molecule has 0 bridgehead atoms. The Bertz CT molecular complexity index is 564. The molecule has 20 heavy (non-hydrogen) atoms. The van der Waals surface area contributed by atoms with Gasteiger partial charge in [-0.15, -0.1) is 0 Å². The van der Waals surface area contributed by atoms with Crippen molar-refractivity contribution >= 4 is 0 Å². The van der Waals surface area contributed by atoms with E-state index < -0.39 is 0 Å². The summed E-state index contributed by atoms with van der Waals surface area (Å²) in [4.78, 5) is 0. The van der Waals surface area contributed by atoms with Crippen molar-refractivity contribution < 1.29 is 9.13 Å². The second kappa shape index (κ2) is 6.53. The van der Waals surface area contributed by atoms with Crippen molar-refractivity contribution in [2.45, 2.75) is 26.4 Å². The summed E-state index contributed by atoms with van der Waals surface area (Å²) in [6.07, 6.45) is 0. The van der Waals surface area contributed by atoms with Crippen LogP contribution in [0.4, 0.5) is 4.39 Å². The molecule has 3 heteroatoms. The van der Waals surface area contributed by atoms with Gasteiger partial charge in [0.2, 0.25) is 0 Å². The summed E-state index contributed by atoms with van der Waals surface area (Å²) in [5.41, 5.74) is 3.07. The van der Waals surface area contributed by atoms with Crippen LogP contribution in [0.1, 0.15) is 19.4 Å². The maximum Gasteiger partial charge on any atom is 0.123 e. The lowest BCUT2D eigenvalue weighted by Gasteiger charge is -2.13. The van der Waals surface area contributed by atoms with Crippen molar-refractivity contribution in [2.75, 3.05) is 7.11 Å². The molecule has 0 aliphatic rings. The molecule has 0 aliphatic carbocycles. The molecule has 0 amide bonds. The first-order valence-electron chi connectivity index (χ1n) is 6.76. The minimum atomic E-state index is -0.206. The molecule has 0 saturated heterocycles. The van der Waals surface area contributed by atoms with Gasteiger partial charge in [-0.25, -0.2) is 4.39 Å². The largest absolute Gasteiger partial charge is 0.497 e. The minimum Gasteiger partial charge on any atom is -0.497 e. The van der Waals surface area contributed by atoms with Crippen LogP contribution in [0.5, 0.6) is 5.75 Å². The second-order valence-electron chi connectivity index (χ2n) is 5.07. The van der Waals surface area contributed by atoms with Crippen LogP contribution in [-0.4, -0.2) is 13.2 Å². The molecule has 1 N–H and O–H groups in total. The number of nitrogens with one attached hydrogen (secondary N) is 1. The summed E-state index contributed by atoms with van der Waals surface area (Å²) >= 11 is 0. The van der Waals surface area contributed by atoms with Crippen molar-refractivity contribution in [2.24, 2.45) is 0 Å². The summed E-state index contributed by atoms with van der Waals surface area (Å²) in [5, 5.41) is 3.33. The van der Waals surface area contributed by atoms with Crippen LogP contribution >= 0.6 is 0 Å². The third kappa shape index (κ3) is 3.58. The van der Waals surface area contributed by atoms with Crippen LogP contribution in [0.3, 0.4) is 0 Å². The first-order chi connectivity index (χ1) is 9.60. The summed E-state index contributed by atoms with van der Waals surface area (Å²) in [6, 6.07) is 13.1. The van der Waals surface area contributed by atoms with E-state index in [0.29, 0.717) is 12.6 Å². The van der Waals surface area contributed by atoms with Crippen LogP contribution in [-0.2, 0) is 6.54 Å². The van der Waals surface area contributed by atoms with Gasteiger partial charge in [0.15, 0.2) is 0 Å². The fraction of sp³-hybridized carbons (Fsp3) is 0.294. The summed E-state index contributed by atoms with van der Waals surface area (Å²) in [7, 11) is 1.64. The Morgan fingerprint density at radius 2 is 1.80 bits per heavy atom. The van der Waals surface area contributed by atoms with E-state index in [1.165, 1.54) is 6.07 Å². The number of hydrogen-bond acceptors (Lipinski definition) is 2. The van der Waals surface area contributed by atoms with Crippen molar-refractivity contribution in [3.8, 4) is 16.9 Å². The lowest BCUT2D eigenvalue weighted by Crippen LogP contribution is -2.22. The van der Waals surface area contributed by atoms with Crippen LogP contribution in [0.15, 0.2) is 42.5 Å². The molecule has 2 rings (SSSR count). The van der Waals surface area contributed by atoms with Gasteiger partial charge in [0.25, 0.3) is 0 Å². The van der Waals surface area contributed by atoms with Gasteiger partial charge in [-0.3, -0.25) is 0 Å². The first-order valence-corrected chi connectivity index (χ1v) is 6.76. The predicted octanol–water partition coefficient (Wildman–Crippen LogP) is 4.00. The molecule has 0 atom stereocenters. The van der Waals surface area contributed by atoms with Gasteiger partial charge in [-0.05, 0) is 41.0 Å². The average Bonchev–Trinajstić information content (AvgIpc) is 2.45. The number of ether oxygens (including phenoxy) is 1. The quantitative estimate of drug-likeness (QED) is 0.889. The fourth-order valence-electron chi connectivity index (χ4n) is 2.07. The van der Waals surface area contributed by atoms with Crippen molar-refractivity contribution in [3.63, 3.8) is 0 Å². The van der Waals surface area contributed by atoms with Gasteiger partial charge in [-0.2, -0.15) is 0 Å². The zero-order valence-corrected chi connectivity index (χ0v) is 12.1. The Labute approximate surface area is 119 Å². The minimum absolute atomic E-state index is 0.206. The highest BCUT2D eigenvalue weighted by Gasteiger charge is 2.07. The van der Waals surface area contributed by atoms with E-state index in [1.54, 1.807) is 13.2 Å². The molecular formula is C17H20FNO. The highest BCUT2D eigenvalue weighted by atomic mass is 19.1. The van der Waals surface area contributed by atoms with Crippen molar-refractivity contribution in [1.29, 1.82) is 0 Å². The Morgan fingerprint density at radius 1 is 1.10 bits per heavy atom. The number of rotatable bonds is 5. The van der Waals surface area contributed by atoms with E-state index in [4.69, 9.17) is 4.74 Å². The Kier molecular flexibility index (Phi) is 4.74. The molecule has 2 aromatic carbocycles. The highest BCUT2D eigenvalue weighted by Crippen LogP contribution is 2.26. The van der Waals surface area contributed by atoms with Gasteiger partial charge in [0.1, 0.15) is 11.6 Å². The van der Waals surface area contributed by atoms with Crippen LogP contribution < -0.4 is 10.1 Å². The molecular weight excluding hydrogens is 253 g/mol. The van der Waals surface area contributed by atoms with Gasteiger partial charge in [0, 0.05) is 12.6 Å². The number of hydrogen-bond donors (Lipinski definition) is 1. The molecule has 0 radical (unpaired) electrons. The molecule has 0 aliphatic heterocycles. The molecule has 0 spiro atoms. The lowest BCUT2D eigenvalue weighted by molar-refractivity contribution is 0.415. The van der Waals surface area contributed by atoms with Gasteiger partial charge < -0.3 is 10.1 Å². The van der Waals surface area contributed by atoms with E-state index in [-0.39, 0.29) is 5.82 Å². The maximum atomic E-state index is 13.5. The monoisotopic (exact) mass is 273 g/mol. The normalized spacial score (nSPS) is 10.8. The molecule has 2 nitrogen and oxygen atoms in total. The topological polar surface area (TPSA) is 21.3 Å². The predicted molar refractivity (Wildman–Crippen MR) is 80.4 cm³/mol. The number of methoxy groups -OCH3 is 1. The SMILES string of the molecule is COc1ccc(-c2ccc(F)cc2CNC(C)C)cc1. The number of benzene rings is 2. The van der Waals surface area contributed by atoms with E-state index in [1.807, 2.05) is 30.3 Å². The Hall–Kier alpha value is -1.87. The second-order valence-corrected chi connectivity index (χ2v) is 5.07. The zero-order valence-electron chi connectivity index (χ0n) is 12.1. The standard InChI is InChI=1S/C17H20FNO/c1-12(2)19-11-14-10-15(18)6-9-17(14)13-4-7-16(20-3)8-5-13/h4-10,12,19H,11H2,1-3H3. The Morgan fingerprint density at radius 3 is 2.40 bits per heavy atom. The zero-order chi connectivity index (χ0) is 14.5. The van der Waals surface area contributed by atoms with Crippen LogP contribution in [0.2, 0.25) is 0 Å².